The maximum atomic E-state index is 14.0. The van der Waals surface area contributed by atoms with E-state index in [-0.39, 0.29) is 21.3 Å². The van der Waals surface area contributed by atoms with Crippen LogP contribution in [0.4, 0.5) is 13.2 Å². The number of thioether (sulfide) groups is 1. The number of nitriles is 1. The van der Waals surface area contributed by atoms with Crippen LogP contribution in [0.25, 0.3) is 0 Å². The van der Waals surface area contributed by atoms with E-state index in [4.69, 9.17) is 28.0 Å². The molecular formula is C18H11Cl2F3N2OS. The van der Waals surface area contributed by atoms with E-state index in [2.05, 4.69) is 5.16 Å². The summed E-state index contributed by atoms with van der Waals surface area (Å²) < 4.78 is 41.9. The van der Waals surface area contributed by atoms with Crippen LogP contribution in [0.1, 0.15) is 23.1 Å². The predicted octanol–water partition coefficient (Wildman–Crippen LogP) is 6.17. The average molecular weight is 431 g/mol. The van der Waals surface area contributed by atoms with Gasteiger partial charge in [0.25, 0.3) is 5.60 Å². The minimum absolute atomic E-state index is 0.0641. The van der Waals surface area contributed by atoms with Gasteiger partial charge < -0.3 is 4.84 Å². The van der Waals surface area contributed by atoms with E-state index in [9.17, 15) is 18.4 Å². The summed E-state index contributed by atoms with van der Waals surface area (Å²) in [5.41, 5.74) is -2.08. The first-order chi connectivity index (χ1) is 12.7. The molecule has 3 nitrogen and oxygen atoms in total. The second-order valence-corrected chi connectivity index (χ2v) is 7.54. The van der Waals surface area contributed by atoms with Crippen molar-refractivity contribution in [2.24, 2.45) is 5.16 Å². The molecule has 3 rings (SSSR count). The Balaban J connectivity index is 2.04. The van der Waals surface area contributed by atoms with Gasteiger partial charge in [0.05, 0.1) is 11.3 Å². The first-order valence-corrected chi connectivity index (χ1v) is 9.55. The normalized spacial score (nSPS) is 19.4. The zero-order valence-electron chi connectivity index (χ0n) is 13.8. The molecule has 140 valence electrons. The number of halogens is 5. The van der Waals surface area contributed by atoms with Crippen molar-refractivity contribution >= 4 is 40.7 Å². The van der Waals surface area contributed by atoms with Gasteiger partial charge in [0.2, 0.25) is 0 Å². The van der Waals surface area contributed by atoms with Crippen LogP contribution in [0.3, 0.4) is 0 Å². The monoisotopic (exact) mass is 430 g/mol. The molecule has 1 aliphatic heterocycles. The van der Waals surface area contributed by atoms with Gasteiger partial charge in [0, 0.05) is 32.5 Å². The Morgan fingerprint density at radius 3 is 2.41 bits per heavy atom. The quantitative estimate of drug-likeness (QED) is 0.546. The summed E-state index contributed by atoms with van der Waals surface area (Å²) in [5, 5.41) is 13.1. The Hall–Kier alpha value is -1.88. The molecule has 0 fully saturated rings. The second-order valence-electron chi connectivity index (χ2n) is 5.82. The number of benzene rings is 2. The van der Waals surface area contributed by atoms with Crippen molar-refractivity contribution in [1.82, 2.24) is 0 Å². The fourth-order valence-electron chi connectivity index (χ4n) is 2.82. The molecule has 9 heteroatoms. The zero-order chi connectivity index (χ0) is 19.8. The van der Waals surface area contributed by atoms with E-state index >= 15 is 0 Å². The SMILES string of the molecule is CSc1ccc(C2=NOC(c3cc(Cl)cc(Cl)c3)(C(F)(F)F)C2)cc1C#N. The molecule has 2 aromatic rings. The topological polar surface area (TPSA) is 45.4 Å². The van der Waals surface area contributed by atoms with E-state index < -0.39 is 18.2 Å². The van der Waals surface area contributed by atoms with Gasteiger partial charge in [-0.1, -0.05) is 34.4 Å². The fraction of sp³-hybridized carbons (Fsp3) is 0.222. The van der Waals surface area contributed by atoms with Crippen LogP contribution in [0.2, 0.25) is 10.0 Å². The third-order valence-electron chi connectivity index (χ3n) is 4.17. The lowest BCUT2D eigenvalue weighted by molar-refractivity contribution is -0.275. The molecule has 1 unspecified atom stereocenters. The molecule has 0 amide bonds. The van der Waals surface area contributed by atoms with E-state index in [1.807, 2.05) is 12.3 Å². The number of alkyl halides is 3. The molecule has 1 aliphatic rings. The van der Waals surface area contributed by atoms with Gasteiger partial charge >= 0.3 is 6.18 Å². The maximum Gasteiger partial charge on any atom is 0.435 e. The van der Waals surface area contributed by atoms with E-state index in [0.717, 1.165) is 17.0 Å². The molecule has 0 aromatic heterocycles. The average Bonchev–Trinajstić information content (AvgIpc) is 3.07. The first-order valence-electron chi connectivity index (χ1n) is 7.57. The first kappa shape index (κ1) is 19.9. The molecule has 0 aliphatic carbocycles. The van der Waals surface area contributed by atoms with Crippen LogP contribution in [0.15, 0.2) is 46.4 Å². The van der Waals surface area contributed by atoms with Gasteiger partial charge in [-0.2, -0.15) is 18.4 Å². The maximum absolute atomic E-state index is 14.0. The molecule has 0 radical (unpaired) electrons. The molecule has 0 bridgehead atoms. The van der Waals surface area contributed by atoms with Crippen molar-refractivity contribution in [1.29, 1.82) is 5.26 Å². The Labute approximate surface area is 167 Å². The number of hydrogen-bond acceptors (Lipinski definition) is 4. The molecule has 0 saturated heterocycles. The standard InChI is InChI=1S/C18H11Cl2F3N2OS/c1-27-16-3-2-10(4-11(16)9-24)15-8-17(26-25-15,18(21,22)23)12-5-13(19)7-14(20)6-12/h2-7H,8H2,1H3. The third kappa shape index (κ3) is 3.62. The summed E-state index contributed by atoms with van der Waals surface area (Å²) in [5.74, 6) is 0. The highest BCUT2D eigenvalue weighted by Gasteiger charge is 2.62. The molecule has 2 aromatic carbocycles. The van der Waals surface area contributed by atoms with Crippen molar-refractivity contribution in [3.8, 4) is 6.07 Å². The van der Waals surface area contributed by atoms with Gasteiger partial charge in [0.1, 0.15) is 6.07 Å². The second kappa shape index (κ2) is 7.27. The van der Waals surface area contributed by atoms with Crippen LogP contribution in [0, 0.1) is 11.3 Å². The molecule has 1 heterocycles. The van der Waals surface area contributed by atoms with Crippen molar-refractivity contribution in [3.63, 3.8) is 0 Å². The van der Waals surface area contributed by atoms with Crippen molar-refractivity contribution in [2.45, 2.75) is 23.1 Å². The molecule has 0 saturated carbocycles. The number of oxime groups is 1. The summed E-state index contributed by atoms with van der Waals surface area (Å²) in [6.07, 6.45) is -3.51. The third-order valence-corrected chi connectivity index (χ3v) is 5.40. The van der Waals surface area contributed by atoms with E-state index in [0.29, 0.717) is 11.1 Å². The Bertz CT molecular complexity index is 952. The summed E-state index contributed by atoms with van der Waals surface area (Å²) in [4.78, 5) is 5.68. The number of hydrogen-bond donors (Lipinski definition) is 0. The largest absolute Gasteiger partial charge is 0.435 e. The molecule has 27 heavy (non-hydrogen) atoms. The van der Waals surface area contributed by atoms with Gasteiger partial charge in [0.15, 0.2) is 0 Å². The minimum atomic E-state index is -4.76. The summed E-state index contributed by atoms with van der Waals surface area (Å²) >= 11 is 13.1. The van der Waals surface area contributed by atoms with Crippen molar-refractivity contribution in [2.75, 3.05) is 6.26 Å². The summed E-state index contributed by atoms with van der Waals surface area (Å²) in [7, 11) is 0. The smallest absolute Gasteiger partial charge is 0.374 e. The van der Waals surface area contributed by atoms with E-state index in [1.54, 1.807) is 12.1 Å². The van der Waals surface area contributed by atoms with Crippen molar-refractivity contribution < 1.29 is 18.0 Å². The fourth-order valence-corrected chi connectivity index (χ4v) is 3.88. The molecule has 1 atom stereocenters. The van der Waals surface area contributed by atoms with Gasteiger partial charge in [-0.25, -0.2) is 0 Å². The molecular weight excluding hydrogens is 420 g/mol. The Kier molecular flexibility index (Phi) is 5.35. The minimum Gasteiger partial charge on any atom is -0.374 e. The van der Waals surface area contributed by atoms with Crippen LogP contribution in [0.5, 0.6) is 0 Å². The van der Waals surface area contributed by atoms with Gasteiger partial charge in [-0.3, -0.25) is 0 Å². The highest BCUT2D eigenvalue weighted by molar-refractivity contribution is 7.98. The van der Waals surface area contributed by atoms with Crippen LogP contribution in [-0.2, 0) is 10.4 Å². The lowest BCUT2D eigenvalue weighted by Gasteiger charge is -2.29. The highest BCUT2D eigenvalue weighted by atomic mass is 35.5. The van der Waals surface area contributed by atoms with Crippen LogP contribution in [-0.4, -0.2) is 18.1 Å². The summed E-state index contributed by atoms with van der Waals surface area (Å²) in [6, 6.07) is 10.5. The lowest BCUT2D eigenvalue weighted by atomic mass is 9.86. The van der Waals surface area contributed by atoms with Crippen LogP contribution < -0.4 is 0 Å². The van der Waals surface area contributed by atoms with Crippen molar-refractivity contribution in [3.05, 3.63) is 63.1 Å². The lowest BCUT2D eigenvalue weighted by Crippen LogP contribution is -2.42. The Morgan fingerprint density at radius 1 is 1.19 bits per heavy atom. The predicted molar refractivity (Wildman–Crippen MR) is 99.4 cm³/mol. The molecule has 0 N–H and O–H groups in total. The van der Waals surface area contributed by atoms with Gasteiger partial charge in [-0.15, -0.1) is 11.8 Å². The highest BCUT2D eigenvalue weighted by Crippen LogP contribution is 2.49. The van der Waals surface area contributed by atoms with E-state index in [1.165, 1.54) is 23.9 Å². The van der Waals surface area contributed by atoms with Crippen LogP contribution >= 0.6 is 35.0 Å². The van der Waals surface area contributed by atoms with Gasteiger partial charge in [-0.05, 0) is 36.6 Å². The molecule has 0 spiro atoms. The Morgan fingerprint density at radius 2 is 1.85 bits per heavy atom. The zero-order valence-corrected chi connectivity index (χ0v) is 16.1. The summed E-state index contributed by atoms with van der Waals surface area (Å²) in [6.45, 7) is 0. The number of nitrogens with zero attached hydrogens (tertiary/aromatic N) is 2. The number of rotatable bonds is 3.